The van der Waals surface area contributed by atoms with E-state index in [1.807, 2.05) is 6.07 Å². The number of anilines is 2. The van der Waals surface area contributed by atoms with Crippen LogP contribution in [-0.2, 0) is 11.2 Å². The van der Waals surface area contributed by atoms with Crippen LogP contribution < -0.4 is 15.4 Å². The highest BCUT2D eigenvalue weighted by atomic mass is 19.1. The second-order valence-electron chi connectivity index (χ2n) is 5.21. The van der Waals surface area contributed by atoms with Crippen molar-refractivity contribution in [3.05, 3.63) is 53.8 Å². The predicted molar refractivity (Wildman–Crippen MR) is 83.3 cm³/mol. The molecule has 0 bridgehead atoms. The van der Waals surface area contributed by atoms with E-state index in [-0.39, 0.29) is 18.9 Å². The molecule has 5 nitrogen and oxygen atoms in total. The van der Waals surface area contributed by atoms with Crippen molar-refractivity contribution in [3.63, 3.8) is 0 Å². The van der Waals surface area contributed by atoms with E-state index in [2.05, 4.69) is 0 Å². The molecule has 0 aliphatic carbocycles. The summed E-state index contributed by atoms with van der Waals surface area (Å²) in [5.41, 5.74) is 7.12. The molecule has 1 unspecified atom stereocenters. The third-order valence-electron chi connectivity index (χ3n) is 3.68. The lowest BCUT2D eigenvalue weighted by Gasteiger charge is -2.33. The predicted octanol–water partition coefficient (Wildman–Crippen LogP) is 2.27. The van der Waals surface area contributed by atoms with Crippen LogP contribution in [0.2, 0.25) is 0 Å². The second kappa shape index (κ2) is 5.97. The van der Waals surface area contributed by atoms with Gasteiger partial charge in [0.2, 0.25) is 0 Å². The number of hydrogen-bond acceptors (Lipinski definition) is 4. The normalized spacial score (nSPS) is 16.4. The van der Waals surface area contributed by atoms with E-state index in [0.29, 0.717) is 22.7 Å². The topological polar surface area (TPSA) is 79.3 Å². The standard InChI is InChI=1S/C17H14FN3O2/c18-13-4-2-1-3-11(13)9-16-17(22)21(8-7-19)14-6-5-12(20)10-15(14)23-16/h1-6,10,16H,8-9,20H2. The summed E-state index contributed by atoms with van der Waals surface area (Å²) in [7, 11) is 0. The van der Waals surface area contributed by atoms with Crippen molar-refractivity contribution in [1.82, 2.24) is 0 Å². The van der Waals surface area contributed by atoms with Gasteiger partial charge in [0.15, 0.2) is 6.10 Å². The second-order valence-corrected chi connectivity index (χ2v) is 5.21. The van der Waals surface area contributed by atoms with Gasteiger partial charge in [-0.1, -0.05) is 18.2 Å². The van der Waals surface area contributed by atoms with Crippen LogP contribution in [0.1, 0.15) is 5.56 Å². The quantitative estimate of drug-likeness (QED) is 0.696. The maximum Gasteiger partial charge on any atom is 0.269 e. The molecule has 3 rings (SSSR count). The van der Waals surface area contributed by atoms with Gasteiger partial charge in [-0.25, -0.2) is 4.39 Å². The Morgan fingerprint density at radius 1 is 1.30 bits per heavy atom. The molecule has 2 N–H and O–H groups in total. The van der Waals surface area contributed by atoms with E-state index in [4.69, 9.17) is 15.7 Å². The molecule has 1 aliphatic rings. The molecule has 0 saturated carbocycles. The highest BCUT2D eigenvalue weighted by Gasteiger charge is 2.34. The van der Waals surface area contributed by atoms with Gasteiger partial charge in [0.1, 0.15) is 18.1 Å². The first-order valence-corrected chi connectivity index (χ1v) is 7.08. The highest BCUT2D eigenvalue weighted by Crippen LogP contribution is 2.36. The summed E-state index contributed by atoms with van der Waals surface area (Å²) in [6.45, 7) is -0.104. The van der Waals surface area contributed by atoms with Crippen LogP contribution in [0.3, 0.4) is 0 Å². The molecular formula is C17H14FN3O2. The van der Waals surface area contributed by atoms with Crippen molar-refractivity contribution in [1.29, 1.82) is 5.26 Å². The monoisotopic (exact) mass is 311 g/mol. The van der Waals surface area contributed by atoms with E-state index < -0.39 is 11.9 Å². The summed E-state index contributed by atoms with van der Waals surface area (Å²) >= 11 is 0. The van der Waals surface area contributed by atoms with Gasteiger partial charge in [-0.3, -0.25) is 9.69 Å². The summed E-state index contributed by atoms with van der Waals surface area (Å²) in [5.74, 6) is -0.345. The minimum absolute atomic E-state index is 0.0850. The van der Waals surface area contributed by atoms with Crippen LogP contribution in [-0.4, -0.2) is 18.6 Å². The summed E-state index contributed by atoms with van der Waals surface area (Å²) in [6.07, 6.45) is -0.809. The zero-order chi connectivity index (χ0) is 16.4. The Bertz CT molecular complexity index is 801. The number of benzene rings is 2. The van der Waals surface area contributed by atoms with Crippen molar-refractivity contribution in [2.24, 2.45) is 0 Å². The van der Waals surface area contributed by atoms with Crippen LogP contribution >= 0.6 is 0 Å². The number of halogens is 1. The summed E-state index contributed by atoms with van der Waals surface area (Å²) in [6, 6.07) is 13.1. The van der Waals surface area contributed by atoms with Gasteiger partial charge in [-0.2, -0.15) is 5.26 Å². The number of nitrogen functional groups attached to an aromatic ring is 1. The third kappa shape index (κ3) is 2.81. The third-order valence-corrected chi connectivity index (χ3v) is 3.68. The fraction of sp³-hybridized carbons (Fsp3) is 0.176. The number of amides is 1. The van der Waals surface area contributed by atoms with Crippen molar-refractivity contribution in [3.8, 4) is 11.8 Å². The molecule has 0 radical (unpaired) electrons. The Balaban J connectivity index is 1.95. The summed E-state index contributed by atoms with van der Waals surface area (Å²) in [5, 5.41) is 8.97. The molecule has 0 saturated heterocycles. The Labute approximate surface area is 132 Å². The lowest BCUT2D eigenvalue weighted by molar-refractivity contribution is -0.126. The van der Waals surface area contributed by atoms with Crippen LogP contribution in [0.15, 0.2) is 42.5 Å². The number of ether oxygens (including phenoxy) is 1. The molecular weight excluding hydrogens is 297 g/mol. The average Bonchev–Trinajstić information content (AvgIpc) is 2.53. The molecule has 1 heterocycles. The molecule has 1 amide bonds. The van der Waals surface area contributed by atoms with E-state index in [1.165, 1.54) is 11.0 Å². The van der Waals surface area contributed by atoms with Gasteiger partial charge in [0.25, 0.3) is 5.91 Å². The smallest absolute Gasteiger partial charge is 0.269 e. The number of nitrogens with zero attached hydrogens (tertiary/aromatic N) is 2. The van der Waals surface area contributed by atoms with Crippen molar-refractivity contribution < 1.29 is 13.9 Å². The van der Waals surface area contributed by atoms with Gasteiger partial charge in [0, 0.05) is 18.2 Å². The number of carbonyl (C=O) groups is 1. The van der Waals surface area contributed by atoms with E-state index >= 15 is 0 Å². The number of nitriles is 1. The Morgan fingerprint density at radius 2 is 2.09 bits per heavy atom. The van der Waals surface area contributed by atoms with E-state index in [9.17, 15) is 9.18 Å². The zero-order valence-electron chi connectivity index (χ0n) is 12.2. The van der Waals surface area contributed by atoms with Crippen molar-refractivity contribution in [2.45, 2.75) is 12.5 Å². The molecule has 6 heteroatoms. The molecule has 2 aromatic rings. The first-order chi connectivity index (χ1) is 11.1. The van der Waals surface area contributed by atoms with Gasteiger partial charge in [0.05, 0.1) is 11.8 Å². The molecule has 0 aromatic heterocycles. The molecule has 2 aromatic carbocycles. The number of rotatable bonds is 3. The highest BCUT2D eigenvalue weighted by molar-refractivity contribution is 6.00. The number of carbonyl (C=O) groups excluding carboxylic acids is 1. The molecule has 1 aliphatic heterocycles. The lowest BCUT2D eigenvalue weighted by Crippen LogP contribution is -2.47. The largest absolute Gasteiger partial charge is 0.478 e. The van der Waals surface area contributed by atoms with Gasteiger partial charge >= 0.3 is 0 Å². The minimum Gasteiger partial charge on any atom is -0.478 e. The number of fused-ring (bicyclic) bond motifs is 1. The first kappa shape index (κ1) is 14.9. The molecule has 0 fully saturated rings. The van der Waals surface area contributed by atoms with Gasteiger partial charge < -0.3 is 10.5 Å². The van der Waals surface area contributed by atoms with Crippen LogP contribution in [0.25, 0.3) is 0 Å². The average molecular weight is 311 g/mol. The van der Waals surface area contributed by atoms with Crippen LogP contribution in [0.4, 0.5) is 15.8 Å². The van der Waals surface area contributed by atoms with Crippen molar-refractivity contribution >= 4 is 17.3 Å². The summed E-state index contributed by atoms with van der Waals surface area (Å²) in [4.78, 5) is 13.9. The maximum atomic E-state index is 13.8. The Kier molecular flexibility index (Phi) is 3.85. The lowest BCUT2D eigenvalue weighted by atomic mass is 10.0. The van der Waals surface area contributed by atoms with Crippen LogP contribution in [0.5, 0.6) is 5.75 Å². The maximum absolute atomic E-state index is 13.8. The first-order valence-electron chi connectivity index (χ1n) is 7.08. The van der Waals surface area contributed by atoms with Gasteiger partial charge in [-0.15, -0.1) is 0 Å². The molecule has 0 spiro atoms. The van der Waals surface area contributed by atoms with E-state index in [0.717, 1.165) is 0 Å². The molecule has 23 heavy (non-hydrogen) atoms. The molecule has 116 valence electrons. The van der Waals surface area contributed by atoms with Crippen molar-refractivity contribution in [2.75, 3.05) is 17.2 Å². The SMILES string of the molecule is N#CCN1C(=O)C(Cc2ccccc2F)Oc2cc(N)ccc21. The minimum atomic E-state index is -0.894. The Hall–Kier alpha value is -3.07. The fourth-order valence-electron chi connectivity index (χ4n) is 2.57. The molecule has 1 atom stereocenters. The number of hydrogen-bond donors (Lipinski definition) is 1. The zero-order valence-corrected chi connectivity index (χ0v) is 12.2. The number of nitrogens with two attached hydrogens (primary N) is 1. The summed E-state index contributed by atoms with van der Waals surface area (Å²) < 4.78 is 19.5. The van der Waals surface area contributed by atoms with Crippen LogP contribution in [0, 0.1) is 17.1 Å². The fourth-order valence-corrected chi connectivity index (χ4v) is 2.57. The van der Waals surface area contributed by atoms with E-state index in [1.54, 1.807) is 36.4 Å². The Morgan fingerprint density at radius 3 is 2.83 bits per heavy atom. The van der Waals surface area contributed by atoms with Gasteiger partial charge in [-0.05, 0) is 23.8 Å².